The largest absolute Gasteiger partial charge is 0.417 e. The summed E-state index contributed by atoms with van der Waals surface area (Å²) in [6, 6.07) is 6.08. The first-order valence-electron chi connectivity index (χ1n) is 10.2. The Morgan fingerprint density at radius 1 is 1.19 bits per heavy atom. The van der Waals surface area contributed by atoms with Gasteiger partial charge in [-0.1, -0.05) is 12.1 Å². The molecule has 1 aromatic carbocycles. The summed E-state index contributed by atoms with van der Waals surface area (Å²) in [5.74, 6) is 1.04. The summed E-state index contributed by atoms with van der Waals surface area (Å²) in [4.78, 5) is 19.4. The molecule has 1 aromatic heterocycles. The summed E-state index contributed by atoms with van der Waals surface area (Å²) in [5, 5.41) is 0. The zero-order valence-corrected chi connectivity index (χ0v) is 15.9. The number of para-hydroxylation sites is 1. The highest BCUT2D eigenvalue weighted by molar-refractivity contribution is 5.76. The Morgan fingerprint density at radius 3 is 2.88 bits per heavy atom. The number of piperidine rings is 2. The second-order valence-electron chi connectivity index (χ2n) is 8.27. The van der Waals surface area contributed by atoms with Crippen LogP contribution < -0.4 is 5.76 Å². The van der Waals surface area contributed by atoms with Crippen molar-refractivity contribution in [3.05, 3.63) is 34.3 Å². The maximum Gasteiger partial charge on any atom is 0.417 e. The van der Waals surface area contributed by atoms with E-state index in [0.717, 1.165) is 23.6 Å². The topological polar surface area (TPSA) is 52.5 Å². The van der Waals surface area contributed by atoms with Crippen molar-refractivity contribution in [3.63, 3.8) is 0 Å². The molecule has 0 amide bonds. The van der Waals surface area contributed by atoms with Gasteiger partial charge in [0.05, 0.1) is 5.52 Å². The van der Waals surface area contributed by atoms with Gasteiger partial charge in [-0.2, -0.15) is 0 Å². The number of benzene rings is 1. The Hall–Kier alpha value is -1.59. The molecule has 4 rings (SSSR count). The van der Waals surface area contributed by atoms with Crippen LogP contribution in [0.15, 0.2) is 27.4 Å². The first-order valence-corrected chi connectivity index (χ1v) is 10.2. The van der Waals surface area contributed by atoms with E-state index in [0.29, 0.717) is 5.92 Å². The number of oxazole rings is 1. The lowest BCUT2D eigenvalue weighted by Crippen LogP contribution is -2.35. The Kier molecular flexibility index (Phi) is 5.46. The summed E-state index contributed by atoms with van der Waals surface area (Å²) < 4.78 is 5.42. The zero-order chi connectivity index (χ0) is 17.9. The molecule has 2 aliphatic rings. The molecule has 26 heavy (non-hydrogen) atoms. The minimum absolute atomic E-state index is 0.349. The van der Waals surface area contributed by atoms with Crippen LogP contribution in [0.1, 0.15) is 50.0 Å². The van der Waals surface area contributed by atoms with Crippen LogP contribution in [0, 0.1) is 5.92 Å². The van der Waals surface area contributed by atoms with Gasteiger partial charge in [-0.25, -0.2) is 4.79 Å². The zero-order valence-electron chi connectivity index (χ0n) is 15.9. The van der Waals surface area contributed by atoms with Crippen molar-refractivity contribution < 1.29 is 4.42 Å². The molecule has 1 unspecified atom stereocenters. The molecule has 2 aliphatic heterocycles. The predicted molar refractivity (Wildman–Crippen MR) is 105 cm³/mol. The lowest BCUT2D eigenvalue weighted by atomic mass is 9.89. The first kappa shape index (κ1) is 17.8. The fourth-order valence-electron chi connectivity index (χ4n) is 4.78. The minimum atomic E-state index is -0.349. The molecule has 0 spiro atoms. The molecule has 5 heteroatoms. The fraction of sp³-hybridized carbons (Fsp3) is 0.667. The van der Waals surface area contributed by atoms with Crippen molar-refractivity contribution in [3.8, 4) is 0 Å². The third-order valence-electron chi connectivity index (χ3n) is 6.35. The van der Waals surface area contributed by atoms with E-state index >= 15 is 0 Å². The summed E-state index contributed by atoms with van der Waals surface area (Å²) in [7, 11) is 2.23. The molecule has 0 radical (unpaired) electrons. The molecule has 3 heterocycles. The molecular weight excluding hydrogens is 326 g/mol. The smallest absolute Gasteiger partial charge is 0.408 e. The highest BCUT2D eigenvalue weighted by Gasteiger charge is 2.24. The molecule has 2 fully saturated rings. The average Bonchev–Trinajstić information content (AvgIpc) is 3.04. The van der Waals surface area contributed by atoms with Gasteiger partial charge in [0.15, 0.2) is 5.58 Å². The first-order chi connectivity index (χ1) is 12.7. The SMILES string of the molecule is CN1CCC(CCCN2CCCC(c3cccc4[nH]c(=O)oc34)C2)CC1. The molecule has 0 saturated carbocycles. The van der Waals surface area contributed by atoms with Gasteiger partial charge in [0, 0.05) is 18.0 Å². The number of aromatic amines is 1. The van der Waals surface area contributed by atoms with Crippen molar-refractivity contribution >= 4 is 11.1 Å². The maximum atomic E-state index is 11.6. The van der Waals surface area contributed by atoms with E-state index in [1.54, 1.807) is 0 Å². The van der Waals surface area contributed by atoms with Crippen molar-refractivity contribution in [1.82, 2.24) is 14.8 Å². The Bertz CT molecular complexity index is 773. The van der Waals surface area contributed by atoms with E-state index in [1.165, 1.54) is 70.3 Å². The van der Waals surface area contributed by atoms with Crippen LogP contribution in [0.4, 0.5) is 0 Å². The van der Waals surface area contributed by atoms with Crippen LogP contribution in [-0.2, 0) is 0 Å². The van der Waals surface area contributed by atoms with Crippen molar-refractivity contribution in [1.29, 1.82) is 0 Å². The van der Waals surface area contributed by atoms with E-state index in [2.05, 4.69) is 27.9 Å². The van der Waals surface area contributed by atoms with Crippen LogP contribution in [-0.4, -0.2) is 54.6 Å². The second kappa shape index (κ2) is 7.97. The summed E-state index contributed by atoms with van der Waals surface area (Å²) in [6.07, 6.45) is 7.83. The lowest BCUT2D eigenvalue weighted by Gasteiger charge is -2.34. The Labute approximate surface area is 155 Å². The van der Waals surface area contributed by atoms with Crippen molar-refractivity contribution in [2.45, 2.75) is 44.4 Å². The second-order valence-corrected chi connectivity index (χ2v) is 8.27. The molecular formula is C21H31N3O2. The summed E-state index contributed by atoms with van der Waals surface area (Å²) in [5.41, 5.74) is 2.78. The Morgan fingerprint density at radius 2 is 2.04 bits per heavy atom. The number of hydrogen-bond donors (Lipinski definition) is 1. The number of likely N-dealkylation sites (tertiary alicyclic amines) is 2. The minimum Gasteiger partial charge on any atom is -0.408 e. The van der Waals surface area contributed by atoms with Crippen LogP contribution in [0.25, 0.3) is 11.1 Å². The van der Waals surface area contributed by atoms with Gasteiger partial charge in [0.25, 0.3) is 0 Å². The van der Waals surface area contributed by atoms with Crippen LogP contribution in [0.2, 0.25) is 0 Å². The van der Waals surface area contributed by atoms with Crippen LogP contribution in [0.5, 0.6) is 0 Å². The van der Waals surface area contributed by atoms with Crippen LogP contribution >= 0.6 is 0 Å². The highest BCUT2D eigenvalue weighted by Crippen LogP contribution is 2.31. The number of nitrogens with one attached hydrogen (secondary N) is 1. The van der Waals surface area contributed by atoms with E-state index < -0.39 is 0 Å². The molecule has 2 saturated heterocycles. The van der Waals surface area contributed by atoms with Gasteiger partial charge in [0.2, 0.25) is 0 Å². The van der Waals surface area contributed by atoms with Gasteiger partial charge >= 0.3 is 5.76 Å². The normalized spacial score (nSPS) is 23.7. The number of aromatic nitrogens is 1. The van der Waals surface area contributed by atoms with Gasteiger partial charge in [0.1, 0.15) is 0 Å². The van der Waals surface area contributed by atoms with E-state index in [-0.39, 0.29) is 5.76 Å². The third kappa shape index (κ3) is 4.04. The molecule has 0 bridgehead atoms. The van der Waals surface area contributed by atoms with E-state index in [4.69, 9.17) is 4.42 Å². The third-order valence-corrected chi connectivity index (χ3v) is 6.35. The summed E-state index contributed by atoms with van der Waals surface area (Å²) >= 11 is 0. The molecule has 1 N–H and O–H groups in total. The number of hydrogen-bond acceptors (Lipinski definition) is 4. The van der Waals surface area contributed by atoms with E-state index in [1.807, 2.05) is 12.1 Å². The molecule has 0 aliphatic carbocycles. The number of H-pyrrole nitrogens is 1. The number of nitrogens with zero attached hydrogens (tertiary/aromatic N) is 2. The summed E-state index contributed by atoms with van der Waals surface area (Å²) in [6.45, 7) is 6.03. The standard InChI is InChI=1S/C21H31N3O2/c1-23-13-9-16(10-14-23)5-3-11-24-12-4-6-17(15-24)18-7-2-8-19-20(18)26-21(25)22-19/h2,7-8,16-17H,3-6,9-15H2,1H3,(H,22,25). The average molecular weight is 357 g/mol. The quantitative estimate of drug-likeness (QED) is 0.891. The monoisotopic (exact) mass is 357 g/mol. The van der Waals surface area contributed by atoms with Gasteiger partial charge < -0.3 is 14.2 Å². The Balaban J connectivity index is 1.33. The van der Waals surface area contributed by atoms with Crippen LogP contribution in [0.3, 0.4) is 0 Å². The van der Waals surface area contributed by atoms with Gasteiger partial charge in [-0.3, -0.25) is 4.98 Å². The number of fused-ring (bicyclic) bond motifs is 1. The molecule has 1 atom stereocenters. The van der Waals surface area contributed by atoms with E-state index in [9.17, 15) is 4.79 Å². The maximum absolute atomic E-state index is 11.6. The predicted octanol–water partition coefficient (Wildman–Crippen LogP) is 3.42. The molecule has 142 valence electrons. The van der Waals surface area contributed by atoms with Crippen molar-refractivity contribution in [2.75, 3.05) is 39.8 Å². The highest BCUT2D eigenvalue weighted by atomic mass is 16.4. The van der Waals surface area contributed by atoms with Crippen molar-refractivity contribution in [2.24, 2.45) is 5.92 Å². The lowest BCUT2D eigenvalue weighted by molar-refractivity contribution is 0.181. The fourth-order valence-corrected chi connectivity index (χ4v) is 4.78. The molecule has 5 nitrogen and oxygen atoms in total. The molecule has 2 aromatic rings. The van der Waals surface area contributed by atoms with Gasteiger partial charge in [-0.15, -0.1) is 0 Å². The van der Waals surface area contributed by atoms with Gasteiger partial charge in [-0.05, 0) is 83.7 Å². The number of rotatable bonds is 5.